The van der Waals surface area contributed by atoms with E-state index in [9.17, 15) is 9.59 Å². The molecule has 5 rings (SSSR count). The minimum Gasteiger partial charge on any atom is -0.494 e. The zero-order valence-corrected chi connectivity index (χ0v) is 18.5. The molecule has 9 heteroatoms. The second-order valence-electron chi connectivity index (χ2n) is 7.45. The third-order valence-corrected chi connectivity index (χ3v) is 5.73. The van der Waals surface area contributed by atoms with E-state index in [0.717, 1.165) is 27.3 Å². The molecule has 0 radical (unpaired) electrons. The number of benzene rings is 2. The molecule has 0 bridgehead atoms. The Morgan fingerprint density at radius 3 is 2.47 bits per heavy atom. The third kappa shape index (κ3) is 2.95. The standard InChI is InChI=1S/C23H20ClN5O3/c1-4-32-17-10-8-14(9-11-17)18-13-28-19-20(26(2)23(31)27(3)21(19)30)25-22(28)29(18)16-7-5-6-15(24)12-16/h5-13H,4H2,1-3H3. The van der Waals surface area contributed by atoms with Crippen molar-refractivity contribution >= 4 is 28.5 Å². The summed E-state index contributed by atoms with van der Waals surface area (Å²) in [7, 11) is 3.07. The summed E-state index contributed by atoms with van der Waals surface area (Å²) >= 11 is 6.28. The number of ether oxygens (including phenoxy) is 1. The van der Waals surface area contributed by atoms with Gasteiger partial charge in [-0.15, -0.1) is 0 Å². The van der Waals surface area contributed by atoms with Gasteiger partial charge in [0.2, 0.25) is 5.78 Å². The Morgan fingerprint density at radius 1 is 1.03 bits per heavy atom. The monoisotopic (exact) mass is 449 g/mol. The van der Waals surface area contributed by atoms with Crippen molar-refractivity contribution in [2.75, 3.05) is 6.61 Å². The normalized spacial score (nSPS) is 11.5. The molecule has 2 aromatic carbocycles. The highest BCUT2D eigenvalue weighted by Crippen LogP contribution is 2.30. The molecule has 3 heterocycles. The largest absolute Gasteiger partial charge is 0.494 e. The molecule has 8 nitrogen and oxygen atoms in total. The van der Waals surface area contributed by atoms with Crippen LogP contribution in [0.5, 0.6) is 5.75 Å². The predicted molar refractivity (Wildman–Crippen MR) is 124 cm³/mol. The fraction of sp³-hybridized carbons (Fsp3) is 0.174. The molecule has 0 amide bonds. The van der Waals surface area contributed by atoms with Crippen molar-refractivity contribution in [2.24, 2.45) is 14.1 Å². The first kappa shape index (κ1) is 20.1. The van der Waals surface area contributed by atoms with Gasteiger partial charge in [0.15, 0.2) is 11.2 Å². The number of rotatable bonds is 4. The Kier molecular flexibility index (Phi) is 4.67. The molecule has 5 aromatic rings. The molecule has 3 aromatic heterocycles. The van der Waals surface area contributed by atoms with Crippen LogP contribution in [0.1, 0.15) is 6.92 Å². The molecule has 0 aliphatic rings. The number of fused-ring (bicyclic) bond motifs is 3. The molecule has 0 saturated heterocycles. The molecular formula is C23H20ClN5O3. The van der Waals surface area contributed by atoms with E-state index in [4.69, 9.17) is 16.3 Å². The molecular weight excluding hydrogens is 430 g/mol. The molecule has 0 N–H and O–H groups in total. The number of nitrogens with zero attached hydrogens (tertiary/aromatic N) is 5. The number of aromatic nitrogens is 5. The van der Waals surface area contributed by atoms with Crippen LogP contribution in [0.15, 0.2) is 64.3 Å². The number of imidazole rings is 2. The van der Waals surface area contributed by atoms with Gasteiger partial charge in [-0.2, -0.15) is 4.98 Å². The van der Waals surface area contributed by atoms with Crippen molar-refractivity contribution in [1.82, 2.24) is 23.1 Å². The highest BCUT2D eigenvalue weighted by Gasteiger charge is 2.21. The summed E-state index contributed by atoms with van der Waals surface area (Å²) < 4.78 is 11.7. The van der Waals surface area contributed by atoms with E-state index in [2.05, 4.69) is 4.98 Å². The van der Waals surface area contributed by atoms with Crippen LogP contribution in [0, 0.1) is 0 Å². The Hall–Kier alpha value is -3.78. The number of aryl methyl sites for hydroxylation is 1. The van der Waals surface area contributed by atoms with Crippen molar-refractivity contribution in [2.45, 2.75) is 6.92 Å². The van der Waals surface area contributed by atoms with Gasteiger partial charge in [-0.05, 0) is 49.4 Å². The van der Waals surface area contributed by atoms with Gasteiger partial charge in [-0.25, -0.2) is 4.79 Å². The van der Waals surface area contributed by atoms with Gasteiger partial charge in [0.25, 0.3) is 5.56 Å². The van der Waals surface area contributed by atoms with Crippen molar-refractivity contribution in [3.63, 3.8) is 0 Å². The first-order valence-electron chi connectivity index (χ1n) is 10.1. The van der Waals surface area contributed by atoms with E-state index in [1.165, 1.54) is 11.6 Å². The van der Waals surface area contributed by atoms with Gasteiger partial charge in [0.05, 0.1) is 18.0 Å². The molecule has 0 aliphatic heterocycles. The van der Waals surface area contributed by atoms with Gasteiger partial charge in [-0.1, -0.05) is 17.7 Å². The van der Waals surface area contributed by atoms with Gasteiger partial charge in [0, 0.05) is 30.9 Å². The van der Waals surface area contributed by atoms with Crippen molar-refractivity contribution in [3.05, 3.63) is 80.6 Å². The summed E-state index contributed by atoms with van der Waals surface area (Å²) in [6.45, 7) is 2.52. The predicted octanol–water partition coefficient (Wildman–Crippen LogP) is 3.39. The zero-order chi connectivity index (χ0) is 22.6. The van der Waals surface area contributed by atoms with E-state index in [0.29, 0.717) is 28.6 Å². The van der Waals surface area contributed by atoms with Crippen molar-refractivity contribution < 1.29 is 4.74 Å². The number of halogens is 1. The van der Waals surface area contributed by atoms with E-state index >= 15 is 0 Å². The van der Waals surface area contributed by atoms with Crippen LogP contribution in [0.3, 0.4) is 0 Å². The second-order valence-corrected chi connectivity index (χ2v) is 7.88. The highest BCUT2D eigenvalue weighted by molar-refractivity contribution is 6.30. The molecule has 0 spiro atoms. The number of hydrogen-bond acceptors (Lipinski definition) is 4. The SMILES string of the molecule is CCOc1ccc(-c2cn3c4c(=O)n(C)c(=O)n(C)c4nc3n2-c2cccc(Cl)c2)cc1. The van der Waals surface area contributed by atoms with Gasteiger partial charge in [-0.3, -0.25) is 22.9 Å². The van der Waals surface area contributed by atoms with E-state index in [1.807, 2.05) is 60.2 Å². The lowest BCUT2D eigenvalue weighted by Crippen LogP contribution is -2.37. The molecule has 0 saturated carbocycles. The molecule has 162 valence electrons. The Labute approximate surface area is 187 Å². The maximum absolute atomic E-state index is 13.0. The quantitative estimate of drug-likeness (QED) is 0.421. The lowest BCUT2D eigenvalue weighted by atomic mass is 10.1. The lowest BCUT2D eigenvalue weighted by Gasteiger charge is -2.10. The topological polar surface area (TPSA) is 75.5 Å². The average molecular weight is 450 g/mol. The molecule has 0 fully saturated rings. The van der Waals surface area contributed by atoms with Crippen LogP contribution in [0.25, 0.3) is 33.9 Å². The average Bonchev–Trinajstić information content (AvgIpc) is 3.33. The van der Waals surface area contributed by atoms with Crippen LogP contribution < -0.4 is 16.0 Å². The summed E-state index contributed by atoms with van der Waals surface area (Å²) in [6, 6.07) is 15.1. The molecule has 0 atom stereocenters. The molecule has 32 heavy (non-hydrogen) atoms. The van der Waals surface area contributed by atoms with Gasteiger partial charge in [0.1, 0.15) is 5.75 Å². The molecule has 0 unspecified atom stereocenters. The molecule has 0 aliphatic carbocycles. The van der Waals surface area contributed by atoms with Crippen LogP contribution >= 0.6 is 11.6 Å². The first-order chi connectivity index (χ1) is 15.4. The lowest BCUT2D eigenvalue weighted by molar-refractivity contribution is 0.340. The van der Waals surface area contributed by atoms with Crippen LogP contribution in [0.4, 0.5) is 0 Å². The zero-order valence-electron chi connectivity index (χ0n) is 17.7. The highest BCUT2D eigenvalue weighted by atomic mass is 35.5. The fourth-order valence-electron chi connectivity index (χ4n) is 3.93. The third-order valence-electron chi connectivity index (χ3n) is 5.49. The van der Waals surface area contributed by atoms with Gasteiger partial charge >= 0.3 is 5.69 Å². The minimum atomic E-state index is -0.427. The fourth-order valence-corrected chi connectivity index (χ4v) is 4.12. The number of hydrogen-bond donors (Lipinski definition) is 0. The maximum atomic E-state index is 13.0. The van der Waals surface area contributed by atoms with E-state index in [-0.39, 0.29) is 0 Å². The Balaban J connectivity index is 1.88. The Morgan fingerprint density at radius 2 is 1.78 bits per heavy atom. The summed E-state index contributed by atoms with van der Waals surface area (Å²) in [5.74, 6) is 1.28. The summed E-state index contributed by atoms with van der Waals surface area (Å²) in [5.41, 5.74) is 2.33. The summed E-state index contributed by atoms with van der Waals surface area (Å²) in [6.07, 6.45) is 1.85. The Bertz CT molecular complexity index is 1610. The maximum Gasteiger partial charge on any atom is 0.332 e. The first-order valence-corrected chi connectivity index (χ1v) is 10.5. The smallest absolute Gasteiger partial charge is 0.332 e. The van der Waals surface area contributed by atoms with Crippen molar-refractivity contribution in [3.8, 4) is 22.7 Å². The van der Waals surface area contributed by atoms with Crippen LogP contribution in [-0.4, -0.2) is 29.7 Å². The van der Waals surface area contributed by atoms with E-state index < -0.39 is 11.2 Å². The van der Waals surface area contributed by atoms with Crippen molar-refractivity contribution in [1.29, 1.82) is 0 Å². The summed E-state index contributed by atoms with van der Waals surface area (Å²) in [5, 5.41) is 0.575. The van der Waals surface area contributed by atoms with Gasteiger partial charge < -0.3 is 4.74 Å². The second kappa shape index (κ2) is 7.42. The van der Waals surface area contributed by atoms with E-state index in [1.54, 1.807) is 17.5 Å². The summed E-state index contributed by atoms with van der Waals surface area (Å²) in [4.78, 5) is 30.1. The van der Waals surface area contributed by atoms with Crippen LogP contribution in [-0.2, 0) is 14.1 Å². The minimum absolute atomic E-state index is 0.321. The van der Waals surface area contributed by atoms with Crippen LogP contribution in [0.2, 0.25) is 5.02 Å².